The second-order valence-corrected chi connectivity index (χ2v) is 8.06. The number of aryl methyl sites for hydroxylation is 1. The molecule has 6 heteroatoms. The molecule has 0 aromatic carbocycles. The molecule has 1 saturated heterocycles. The lowest BCUT2D eigenvalue weighted by Crippen LogP contribution is -2.53. The van der Waals surface area contributed by atoms with Crippen LogP contribution in [-0.4, -0.2) is 59.0 Å². The van der Waals surface area contributed by atoms with Gasteiger partial charge >= 0.3 is 0 Å². The lowest BCUT2D eigenvalue weighted by Gasteiger charge is -2.47. The average molecular weight is 366 g/mol. The fraction of sp³-hybridized carbons (Fsp3) is 0.476. The van der Waals surface area contributed by atoms with Crippen LogP contribution in [0.3, 0.4) is 0 Å². The molecule has 1 amide bonds. The Morgan fingerprint density at radius 1 is 1.22 bits per heavy atom. The Bertz CT molecular complexity index is 920. The van der Waals surface area contributed by atoms with Crippen LogP contribution in [0.15, 0.2) is 41.3 Å². The van der Waals surface area contributed by atoms with E-state index in [9.17, 15) is 9.59 Å². The van der Waals surface area contributed by atoms with E-state index in [1.54, 1.807) is 12.3 Å². The maximum atomic E-state index is 13.1. The molecule has 0 saturated carbocycles. The highest BCUT2D eigenvalue weighted by Gasteiger charge is 2.42. The summed E-state index contributed by atoms with van der Waals surface area (Å²) in [5.74, 6) is 0.467. The Morgan fingerprint density at radius 2 is 2.04 bits per heavy atom. The summed E-state index contributed by atoms with van der Waals surface area (Å²) in [4.78, 5) is 34.1. The van der Waals surface area contributed by atoms with Gasteiger partial charge in [0.2, 0.25) is 0 Å². The largest absolute Gasteiger partial charge is 0.336 e. The van der Waals surface area contributed by atoms with Gasteiger partial charge in [-0.2, -0.15) is 0 Å². The van der Waals surface area contributed by atoms with Crippen LogP contribution in [-0.2, 0) is 0 Å². The lowest BCUT2D eigenvalue weighted by molar-refractivity contribution is 0.0492. The third-order valence-electron chi connectivity index (χ3n) is 5.85. The predicted molar refractivity (Wildman–Crippen MR) is 104 cm³/mol. The van der Waals surface area contributed by atoms with Crippen molar-refractivity contribution in [2.45, 2.75) is 25.3 Å². The molecule has 0 aliphatic carbocycles. The molecule has 2 aliphatic heterocycles. The van der Waals surface area contributed by atoms with Crippen LogP contribution < -0.4 is 5.56 Å². The SMILES string of the molecule is Cc1cccnc1C(=O)N1C[C@H]2C[C@@H](C1)[C@H](CN(C)C)n1c2cccc1=O. The summed E-state index contributed by atoms with van der Waals surface area (Å²) in [6, 6.07) is 9.39. The van der Waals surface area contributed by atoms with E-state index in [0.29, 0.717) is 18.8 Å². The van der Waals surface area contributed by atoms with Crippen molar-refractivity contribution in [1.82, 2.24) is 19.4 Å². The second-order valence-electron chi connectivity index (χ2n) is 8.06. The van der Waals surface area contributed by atoms with Gasteiger partial charge in [0.1, 0.15) is 5.69 Å². The van der Waals surface area contributed by atoms with E-state index in [1.165, 1.54) is 0 Å². The minimum atomic E-state index is -0.00173. The first-order chi connectivity index (χ1) is 13.0. The number of pyridine rings is 2. The van der Waals surface area contributed by atoms with Crippen molar-refractivity contribution >= 4 is 5.91 Å². The summed E-state index contributed by atoms with van der Waals surface area (Å²) < 4.78 is 1.98. The van der Waals surface area contributed by atoms with Crippen LogP contribution >= 0.6 is 0 Å². The molecule has 2 aliphatic rings. The monoisotopic (exact) mass is 366 g/mol. The van der Waals surface area contributed by atoms with Gasteiger partial charge in [-0.3, -0.25) is 14.6 Å². The Balaban J connectivity index is 1.71. The number of likely N-dealkylation sites (N-methyl/N-ethyl adjacent to an activating group) is 1. The highest BCUT2D eigenvalue weighted by Crippen LogP contribution is 2.41. The summed E-state index contributed by atoms with van der Waals surface area (Å²) in [6.07, 6.45) is 2.70. The van der Waals surface area contributed by atoms with Crippen LogP contribution in [0.25, 0.3) is 0 Å². The lowest BCUT2D eigenvalue weighted by atomic mass is 9.78. The topological polar surface area (TPSA) is 58.4 Å². The number of nitrogens with zero attached hydrogens (tertiary/aromatic N) is 4. The Morgan fingerprint density at radius 3 is 2.78 bits per heavy atom. The molecule has 1 fully saturated rings. The zero-order valence-corrected chi connectivity index (χ0v) is 16.1. The fourth-order valence-corrected chi connectivity index (χ4v) is 4.68. The van der Waals surface area contributed by atoms with Crippen molar-refractivity contribution in [2.75, 3.05) is 33.7 Å². The number of carbonyl (C=O) groups excluding carboxylic acids is 1. The van der Waals surface area contributed by atoms with E-state index in [2.05, 4.69) is 9.88 Å². The Labute approximate surface area is 159 Å². The molecule has 0 radical (unpaired) electrons. The molecule has 27 heavy (non-hydrogen) atoms. The van der Waals surface area contributed by atoms with E-state index in [0.717, 1.165) is 24.2 Å². The van der Waals surface area contributed by atoms with E-state index in [1.807, 2.05) is 54.8 Å². The zero-order valence-electron chi connectivity index (χ0n) is 16.1. The van der Waals surface area contributed by atoms with Crippen molar-refractivity contribution in [3.63, 3.8) is 0 Å². The van der Waals surface area contributed by atoms with Gasteiger partial charge in [-0.25, -0.2) is 0 Å². The number of fused-ring (bicyclic) bond motifs is 4. The summed E-state index contributed by atoms with van der Waals surface area (Å²) >= 11 is 0. The number of aromatic nitrogens is 2. The number of carbonyl (C=O) groups is 1. The first-order valence-electron chi connectivity index (χ1n) is 9.52. The highest BCUT2D eigenvalue weighted by atomic mass is 16.2. The van der Waals surface area contributed by atoms with E-state index >= 15 is 0 Å². The molecule has 6 nitrogen and oxygen atoms in total. The van der Waals surface area contributed by atoms with Gasteiger partial charge in [-0.15, -0.1) is 0 Å². The number of hydrogen-bond acceptors (Lipinski definition) is 4. The van der Waals surface area contributed by atoms with Crippen molar-refractivity contribution in [3.05, 3.63) is 63.8 Å². The highest BCUT2D eigenvalue weighted by molar-refractivity contribution is 5.93. The van der Waals surface area contributed by atoms with Gasteiger partial charge in [0.25, 0.3) is 11.5 Å². The van der Waals surface area contributed by atoms with Gasteiger partial charge in [0.15, 0.2) is 0 Å². The first kappa shape index (κ1) is 17.9. The normalized spacial score (nSPS) is 24.0. The molecular weight excluding hydrogens is 340 g/mol. The van der Waals surface area contributed by atoms with Crippen molar-refractivity contribution in [3.8, 4) is 0 Å². The van der Waals surface area contributed by atoms with Crippen LogP contribution in [0, 0.1) is 12.8 Å². The van der Waals surface area contributed by atoms with Gasteiger partial charge in [-0.05, 0) is 51.1 Å². The first-order valence-corrected chi connectivity index (χ1v) is 9.52. The van der Waals surface area contributed by atoms with Crippen LogP contribution in [0.2, 0.25) is 0 Å². The average Bonchev–Trinajstić information content (AvgIpc) is 2.65. The summed E-state index contributed by atoms with van der Waals surface area (Å²) in [5, 5.41) is 0. The zero-order chi connectivity index (χ0) is 19.1. The molecule has 0 spiro atoms. The van der Waals surface area contributed by atoms with Crippen LogP contribution in [0.4, 0.5) is 0 Å². The predicted octanol–water partition coefficient (Wildman–Crippen LogP) is 1.91. The summed E-state index contributed by atoms with van der Waals surface area (Å²) in [7, 11) is 4.06. The summed E-state index contributed by atoms with van der Waals surface area (Å²) in [6.45, 7) is 4.03. The molecule has 2 bridgehead atoms. The van der Waals surface area contributed by atoms with Gasteiger partial charge < -0.3 is 14.4 Å². The quantitative estimate of drug-likeness (QED) is 0.833. The molecule has 142 valence electrons. The minimum Gasteiger partial charge on any atom is -0.336 e. The Hall–Kier alpha value is -2.47. The summed E-state index contributed by atoms with van der Waals surface area (Å²) in [5.41, 5.74) is 2.56. The van der Waals surface area contributed by atoms with E-state index < -0.39 is 0 Å². The number of piperidine rings is 1. The maximum Gasteiger partial charge on any atom is 0.272 e. The molecule has 2 aromatic heterocycles. The fourth-order valence-electron chi connectivity index (χ4n) is 4.68. The number of likely N-dealkylation sites (tertiary alicyclic amines) is 1. The van der Waals surface area contributed by atoms with Crippen LogP contribution in [0.1, 0.15) is 40.1 Å². The van der Waals surface area contributed by atoms with Crippen molar-refractivity contribution in [2.24, 2.45) is 5.92 Å². The van der Waals surface area contributed by atoms with E-state index in [4.69, 9.17) is 0 Å². The molecular formula is C21H26N4O2. The minimum absolute atomic E-state index is 0.00173. The molecule has 3 atom stereocenters. The molecule has 0 unspecified atom stereocenters. The Kier molecular flexibility index (Phi) is 4.60. The molecule has 4 heterocycles. The van der Waals surface area contributed by atoms with Crippen molar-refractivity contribution < 1.29 is 4.79 Å². The van der Waals surface area contributed by atoms with Crippen LogP contribution in [0.5, 0.6) is 0 Å². The number of amides is 1. The number of rotatable bonds is 3. The van der Waals surface area contributed by atoms with E-state index in [-0.39, 0.29) is 29.3 Å². The van der Waals surface area contributed by atoms with Gasteiger partial charge in [-0.1, -0.05) is 12.1 Å². The second kappa shape index (κ2) is 6.93. The van der Waals surface area contributed by atoms with Gasteiger partial charge in [0.05, 0.1) is 6.04 Å². The van der Waals surface area contributed by atoms with Gasteiger partial charge in [0, 0.05) is 43.5 Å². The molecule has 4 rings (SSSR count). The third kappa shape index (κ3) is 3.18. The molecule has 2 aromatic rings. The smallest absolute Gasteiger partial charge is 0.272 e. The molecule has 0 N–H and O–H groups in total. The third-order valence-corrected chi connectivity index (χ3v) is 5.85. The number of hydrogen-bond donors (Lipinski definition) is 0. The van der Waals surface area contributed by atoms with Crippen molar-refractivity contribution in [1.29, 1.82) is 0 Å². The maximum absolute atomic E-state index is 13.1. The standard InChI is InChI=1S/C21H26N4O2/c1-14-6-5-9-22-20(14)21(27)24-11-15-10-16(12-24)18(13-23(2)3)25-17(15)7-4-8-19(25)26/h4-9,15-16,18H,10-13H2,1-3H3/t15-,16+,18+/m1/s1.